The van der Waals surface area contributed by atoms with E-state index in [0.717, 1.165) is 5.56 Å². The molecule has 20 heavy (non-hydrogen) atoms. The van der Waals surface area contributed by atoms with Crippen LogP contribution in [0, 0.1) is 0 Å². The molecule has 3 amide bonds. The van der Waals surface area contributed by atoms with Crippen molar-refractivity contribution < 1.29 is 19.1 Å². The first-order valence-corrected chi connectivity index (χ1v) is 6.34. The number of carbonyl (C=O) groups is 3. The third-order valence-electron chi connectivity index (χ3n) is 3.07. The summed E-state index contributed by atoms with van der Waals surface area (Å²) in [7, 11) is 1.56. The van der Waals surface area contributed by atoms with Crippen LogP contribution in [0.5, 0.6) is 5.75 Å². The molecule has 2 rings (SSSR count). The van der Waals surface area contributed by atoms with Gasteiger partial charge in [0.25, 0.3) is 0 Å². The van der Waals surface area contributed by atoms with Crippen molar-refractivity contribution in [2.45, 2.75) is 25.3 Å². The molecule has 1 fully saturated rings. The highest BCUT2D eigenvalue weighted by Gasteiger charge is 2.27. The zero-order valence-corrected chi connectivity index (χ0v) is 11.1. The lowest BCUT2D eigenvalue weighted by Crippen LogP contribution is -2.52. The molecule has 1 saturated heterocycles. The van der Waals surface area contributed by atoms with E-state index >= 15 is 0 Å². The van der Waals surface area contributed by atoms with Gasteiger partial charge in [0.15, 0.2) is 0 Å². The Morgan fingerprint density at radius 3 is 2.95 bits per heavy atom. The Balaban J connectivity index is 1.92. The van der Waals surface area contributed by atoms with E-state index in [0.29, 0.717) is 12.2 Å². The number of piperidine rings is 1. The minimum Gasteiger partial charge on any atom is -0.497 e. The van der Waals surface area contributed by atoms with Gasteiger partial charge in [-0.2, -0.15) is 0 Å². The topological polar surface area (TPSA) is 84.5 Å². The summed E-state index contributed by atoms with van der Waals surface area (Å²) in [6, 6.07) is 6.54. The van der Waals surface area contributed by atoms with Gasteiger partial charge in [0, 0.05) is 6.42 Å². The predicted molar refractivity (Wildman–Crippen MR) is 71.0 cm³/mol. The van der Waals surface area contributed by atoms with Crippen LogP contribution in [0.3, 0.4) is 0 Å². The van der Waals surface area contributed by atoms with Crippen molar-refractivity contribution in [1.29, 1.82) is 0 Å². The first kappa shape index (κ1) is 14.0. The average molecular weight is 276 g/mol. The molecule has 1 aromatic carbocycles. The van der Waals surface area contributed by atoms with Crippen molar-refractivity contribution >= 4 is 17.7 Å². The second-order valence-electron chi connectivity index (χ2n) is 4.60. The highest BCUT2D eigenvalue weighted by molar-refractivity contribution is 6.01. The Morgan fingerprint density at radius 2 is 2.25 bits per heavy atom. The molecule has 0 aromatic heterocycles. The summed E-state index contributed by atoms with van der Waals surface area (Å²) < 4.78 is 5.08. The fraction of sp³-hybridized carbons (Fsp3) is 0.357. The molecule has 1 atom stereocenters. The number of benzene rings is 1. The van der Waals surface area contributed by atoms with Crippen molar-refractivity contribution in [2.24, 2.45) is 0 Å². The van der Waals surface area contributed by atoms with Crippen LogP contribution in [-0.2, 0) is 20.8 Å². The molecule has 1 aromatic rings. The Bertz CT molecular complexity index is 542. The van der Waals surface area contributed by atoms with E-state index in [9.17, 15) is 14.4 Å². The van der Waals surface area contributed by atoms with Crippen LogP contribution in [-0.4, -0.2) is 30.9 Å². The number of hydrogen-bond donors (Lipinski definition) is 2. The lowest BCUT2D eigenvalue weighted by atomic mass is 10.1. The zero-order valence-electron chi connectivity index (χ0n) is 11.1. The first-order chi connectivity index (χ1) is 9.58. The van der Waals surface area contributed by atoms with Crippen LogP contribution in [0.15, 0.2) is 24.3 Å². The molecule has 1 aliphatic heterocycles. The zero-order chi connectivity index (χ0) is 14.5. The molecule has 0 spiro atoms. The predicted octanol–water partition coefficient (Wildman–Crippen LogP) is 0.159. The molecule has 106 valence electrons. The Hall–Kier alpha value is -2.37. The van der Waals surface area contributed by atoms with Gasteiger partial charge in [0.05, 0.1) is 13.5 Å². The summed E-state index contributed by atoms with van der Waals surface area (Å²) in [5, 5.41) is 4.84. The molecule has 0 bridgehead atoms. The van der Waals surface area contributed by atoms with Crippen molar-refractivity contribution in [3.8, 4) is 5.75 Å². The molecule has 2 N–H and O–H groups in total. The standard InChI is InChI=1S/C14H16N2O4/c1-20-10-4-2-3-9(7-10)8-13(18)15-11-5-6-12(17)16-14(11)19/h2-4,7,11H,5-6,8H2,1H3,(H,15,18)(H,16,17,19). The third kappa shape index (κ3) is 3.57. The van der Waals surface area contributed by atoms with Gasteiger partial charge in [-0.15, -0.1) is 0 Å². The molecule has 1 unspecified atom stereocenters. The fourth-order valence-electron chi connectivity index (χ4n) is 2.04. The van der Waals surface area contributed by atoms with Crippen LogP contribution in [0.4, 0.5) is 0 Å². The van der Waals surface area contributed by atoms with E-state index in [2.05, 4.69) is 10.6 Å². The van der Waals surface area contributed by atoms with E-state index in [4.69, 9.17) is 4.74 Å². The molecule has 1 heterocycles. The minimum absolute atomic E-state index is 0.162. The highest BCUT2D eigenvalue weighted by Crippen LogP contribution is 2.13. The van der Waals surface area contributed by atoms with Crippen LogP contribution in [0.1, 0.15) is 18.4 Å². The number of amides is 3. The van der Waals surface area contributed by atoms with Crippen molar-refractivity contribution in [3.05, 3.63) is 29.8 Å². The largest absolute Gasteiger partial charge is 0.497 e. The fourth-order valence-corrected chi connectivity index (χ4v) is 2.04. The average Bonchev–Trinajstić information content (AvgIpc) is 2.42. The lowest BCUT2D eigenvalue weighted by Gasteiger charge is -2.21. The Morgan fingerprint density at radius 1 is 1.45 bits per heavy atom. The highest BCUT2D eigenvalue weighted by atomic mass is 16.5. The number of ether oxygens (including phenoxy) is 1. The number of hydrogen-bond acceptors (Lipinski definition) is 4. The van der Waals surface area contributed by atoms with Gasteiger partial charge < -0.3 is 10.1 Å². The van der Waals surface area contributed by atoms with E-state index in [1.165, 1.54) is 0 Å². The lowest BCUT2D eigenvalue weighted by molar-refractivity contribution is -0.137. The number of nitrogens with one attached hydrogen (secondary N) is 2. The van der Waals surface area contributed by atoms with Gasteiger partial charge in [-0.3, -0.25) is 19.7 Å². The number of imide groups is 1. The van der Waals surface area contributed by atoms with Gasteiger partial charge in [-0.25, -0.2) is 0 Å². The maximum Gasteiger partial charge on any atom is 0.249 e. The van der Waals surface area contributed by atoms with Crippen LogP contribution >= 0.6 is 0 Å². The smallest absolute Gasteiger partial charge is 0.249 e. The summed E-state index contributed by atoms with van der Waals surface area (Å²) in [6.07, 6.45) is 0.749. The maximum atomic E-state index is 11.9. The third-order valence-corrected chi connectivity index (χ3v) is 3.07. The van der Waals surface area contributed by atoms with Crippen LogP contribution in [0.25, 0.3) is 0 Å². The molecule has 1 aliphatic rings. The maximum absolute atomic E-state index is 11.9. The summed E-state index contributed by atoms with van der Waals surface area (Å²) in [5.74, 6) is -0.322. The van der Waals surface area contributed by atoms with Crippen molar-refractivity contribution in [1.82, 2.24) is 10.6 Å². The molecule has 6 nitrogen and oxygen atoms in total. The SMILES string of the molecule is COc1cccc(CC(=O)NC2CCC(=O)NC2=O)c1. The quantitative estimate of drug-likeness (QED) is 0.767. The molecule has 0 radical (unpaired) electrons. The normalized spacial score (nSPS) is 18.4. The van der Waals surface area contributed by atoms with Gasteiger partial charge in [-0.1, -0.05) is 12.1 Å². The van der Waals surface area contributed by atoms with Gasteiger partial charge >= 0.3 is 0 Å². The number of methoxy groups -OCH3 is 1. The summed E-state index contributed by atoms with van der Waals surface area (Å²) in [6.45, 7) is 0. The van der Waals surface area contributed by atoms with Gasteiger partial charge in [-0.05, 0) is 24.1 Å². The molecular weight excluding hydrogens is 260 g/mol. The van der Waals surface area contributed by atoms with Crippen LogP contribution < -0.4 is 15.4 Å². The van der Waals surface area contributed by atoms with E-state index in [1.54, 1.807) is 25.3 Å². The molecular formula is C14H16N2O4. The van der Waals surface area contributed by atoms with E-state index < -0.39 is 11.9 Å². The molecule has 0 saturated carbocycles. The summed E-state index contributed by atoms with van der Waals surface area (Å²) in [5.41, 5.74) is 0.800. The van der Waals surface area contributed by atoms with Crippen molar-refractivity contribution in [2.75, 3.05) is 7.11 Å². The minimum atomic E-state index is -0.634. The monoisotopic (exact) mass is 276 g/mol. The van der Waals surface area contributed by atoms with E-state index in [-0.39, 0.29) is 24.7 Å². The first-order valence-electron chi connectivity index (χ1n) is 6.34. The number of rotatable bonds is 4. The summed E-state index contributed by atoms with van der Waals surface area (Å²) >= 11 is 0. The second-order valence-corrected chi connectivity index (χ2v) is 4.60. The number of carbonyl (C=O) groups excluding carboxylic acids is 3. The van der Waals surface area contributed by atoms with Crippen LogP contribution in [0.2, 0.25) is 0 Å². The Kier molecular flexibility index (Phi) is 4.34. The van der Waals surface area contributed by atoms with Crippen molar-refractivity contribution in [3.63, 3.8) is 0 Å². The second kappa shape index (κ2) is 6.18. The molecule has 0 aliphatic carbocycles. The van der Waals surface area contributed by atoms with E-state index in [1.807, 2.05) is 6.07 Å². The summed E-state index contributed by atoms with van der Waals surface area (Å²) in [4.78, 5) is 34.4. The van der Waals surface area contributed by atoms with Gasteiger partial charge in [0.2, 0.25) is 17.7 Å². The molecule has 6 heteroatoms. The van der Waals surface area contributed by atoms with Gasteiger partial charge in [0.1, 0.15) is 11.8 Å². The Labute approximate surface area is 116 Å².